The molecule has 0 atom stereocenters. The Balaban J connectivity index is 2.08. The van der Waals surface area contributed by atoms with E-state index in [1.165, 1.54) is 12.1 Å². The number of carbonyl (C=O) groups is 1. The van der Waals surface area contributed by atoms with E-state index in [9.17, 15) is 9.18 Å². The highest BCUT2D eigenvalue weighted by Gasteiger charge is 2.20. The molecule has 1 aromatic heterocycles. The minimum absolute atomic E-state index is 0.149. The van der Waals surface area contributed by atoms with Crippen molar-refractivity contribution in [1.82, 2.24) is 4.98 Å². The first-order valence-corrected chi connectivity index (χ1v) is 6.83. The fraction of sp³-hybridized carbons (Fsp3) is 0.118. The monoisotopic (exact) mass is 298 g/mol. The minimum Gasteiger partial charge on any atom is -0.496 e. The summed E-state index contributed by atoms with van der Waals surface area (Å²) in [6.07, 6.45) is 0. The van der Waals surface area contributed by atoms with Crippen LogP contribution in [0, 0.1) is 12.7 Å². The van der Waals surface area contributed by atoms with Crippen LogP contribution < -0.4 is 10.1 Å². The Morgan fingerprint density at radius 3 is 2.68 bits per heavy atom. The number of ether oxygens (including phenoxy) is 1. The van der Waals surface area contributed by atoms with Crippen LogP contribution in [-0.4, -0.2) is 18.0 Å². The Morgan fingerprint density at radius 2 is 1.95 bits per heavy atom. The lowest BCUT2D eigenvalue weighted by Crippen LogP contribution is -2.14. The summed E-state index contributed by atoms with van der Waals surface area (Å²) in [4.78, 5) is 15.7. The number of benzene rings is 2. The van der Waals surface area contributed by atoms with Crippen molar-refractivity contribution in [2.24, 2.45) is 0 Å². The SMILES string of the molecule is COc1cccc2[nH]c(C)c(C(=O)Nc3ccccc3F)c12. The molecule has 0 spiro atoms. The van der Waals surface area contributed by atoms with Crippen LogP contribution in [0.5, 0.6) is 5.75 Å². The molecule has 1 amide bonds. The zero-order chi connectivity index (χ0) is 15.7. The highest BCUT2D eigenvalue weighted by molar-refractivity contribution is 6.15. The number of para-hydroxylation sites is 1. The van der Waals surface area contributed by atoms with Gasteiger partial charge in [-0.05, 0) is 31.2 Å². The number of halogens is 1. The fourth-order valence-corrected chi connectivity index (χ4v) is 2.55. The predicted molar refractivity (Wildman–Crippen MR) is 83.9 cm³/mol. The number of rotatable bonds is 3. The second-order valence-electron chi connectivity index (χ2n) is 4.94. The van der Waals surface area contributed by atoms with E-state index in [-0.39, 0.29) is 11.6 Å². The maximum atomic E-state index is 13.7. The molecule has 3 rings (SSSR count). The molecule has 5 heteroatoms. The van der Waals surface area contributed by atoms with E-state index in [2.05, 4.69) is 10.3 Å². The molecule has 2 N–H and O–H groups in total. The fourth-order valence-electron chi connectivity index (χ4n) is 2.55. The number of amides is 1. The van der Waals surface area contributed by atoms with Gasteiger partial charge >= 0.3 is 0 Å². The summed E-state index contributed by atoms with van der Waals surface area (Å²) < 4.78 is 19.0. The van der Waals surface area contributed by atoms with E-state index >= 15 is 0 Å². The largest absolute Gasteiger partial charge is 0.496 e. The minimum atomic E-state index is -0.472. The molecule has 0 radical (unpaired) electrons. The maximum absolute atomic E-state index is 13.7. The Hall–Kier alpha value is -2.82. The van der Waals surface area contributed by atoms with E-state index in [0.29, 0.717) is 22.4 Å². The van der Waals surface area contributed by atoms with Gasteiger partial charge in [-0.15, -0.1) is 0 Å². The van der Waals surface area contributed by atoms with Crippen LogP contribution in [0.3, 0.4) is 0 Å². The predicted octanol–water partition coefficient (Wildman–Crippen LogP) is 3.88. The molecular formula is C17H15FN2O2. The smallest absolute Gasteiger partial charge is 0.258 e. The first kappa shape index (κ1) is 14.1. The number of fused-ring (bicyclic) bond motifs is 1. The molecular weight excluding hydrogens is 283 g/mol. The summed E-state index contributed by atoms with van der Waals surface area (Å²) in [6, 6.07) is 11.6. The van der Waals surface area contributed by atoms with Gasteiger partial charge in [0.15, 0.2) is 0 Å². The molecule has 0 bridgehead atoms. The van der Waals surface area contributed by atoms with Crippen molar-refractivity contribution in [1.29, 1.82) is 0 Å². The van der Waals surface area contributed by atoms with Crippen LogP contribution in [0.1, 0.15) is 16.1 Å². The molecule has 0 fully saturated rings. The lowest BCUT2D eigenvalue weighted by Gasteiger charge is -2.08. The number of carbonyl (C=O) groups excluding carboxylic acids is 1. The molecule has 0 saturated heterocycles. The van der Waals surface area contributed by atoms with Crippen molar-refractivity contribution in [3.63, 3.8) is 0 Å². The van der Waals surface area contributed by atoms with E-state index in [1.807, 2.05) is 12.1 Å². The summed E-state index contributed by atoms with van der Waals surface area (Å²) >= 11 is 0. The third kappa shape index (κ3) is 2.30. The number of aryl methyl sites for hydroxylation is 1. The Kier molecular flexibility index (Phi) is 3.55. The van der Waals surface area contributed by atoms with Gasteiger partial charge in [-0.1, -0.05) is 18.2 Å². The average molecular weight is 298 g/mol. The highest BCUT2D eigenvalue weighted by atomic mass is 19.1. The number of anilines is 1. The molecule has 0 aliphatic heterocycles. The van der Waals surface area contributed by atoms with Crippen LogP contribution in [-0.2, 0) is 0 Å². The summed E-state index contributed by atoms with van der Waals surface area (Å²) in [7, 11) is 1.55. The molecule has 0 saturated carbocycles. The third-order valence-corrected chi connectivity index (χ3v) is 3.54. The summed E-state index contributed by atoms with van der Waals surface area (Å²) in [5.74, 6) is -0.251. The van der Waals surface area contributed by atoms with Gasteiger partial charge in [0, 0.05) is 5.69 Å². The first-order chi connectivity index (χ1) is 10.6. The highest BCUT2D eigenvalue weighted by Crippen LogP contribution is 2.31. The zero-order valence-electron chi connectivity index (χ0n) is 12.2. The van der Waals surface area contributed by atoms with Crippen molar-refractivity contribution >= 4 is 22.5 Å². The molecule has 4 nitrogen and oxygen atoms in total. The van der Waals surface area contributed by atoms with Gasteiger partial charge in [-0.25, -0.2) is 4.39 Å². The second-order valence-corrected chi connectivity index (χ2v) is 4.94. The molecule has 0 unspecified atom stereocenters. The zero-order valence-corrected chi connectivity index (χ0v) is 12.2. The Bertz CT molecular complexity index is 855. The van der Waals surface area contributed by atoms with E-state index in [0.717, 1.165) is 5.52 Å². The molecule has 3 aromatic rings. The Labute approximate surface area is 126 Å². The topological polar surface area (TPSA) is 54.1 Å². The van der Waals surface area contributed by atoms with Gasteiger partial charge in [-0.2, -0.15) is 0 Å². The van der Waals surface area contributed by atoms with Crippen molar-refractivity contribution in [3.05, 3.63) is 59.5 Å². The van der Waals surface area contributed by atoms with Gasteiger partial charge in [0.1, 0.15) is 11.6 Å². The Morgan fingerprint density at radius 1 is 1.18 bits per heavy atom. The number of aromatic nitrogens is 1. The van der Waals surface area contributed by atoms with Crippen LogP contribution in [0.25, 0.3) is 10.9 Å². The summed E-state index contributed by atoms with van der Waals surface area (Å²) in [5, 5.41) is 3.30. The van der Waals surface area contributed by atoms with Crippen LogP contribution >= 0.6 is 0 Å². The number of aromatic amines is 1. The maximum Gasteiger partial charge on any atom is 0.258 e. The van der Waals surface area contributed by atoms with Gasteiger partial charge in [-0.3, -0.25) is 4.79 Å². The number of hydrogen-bond donors (Lipinski definition) is 2. The molecule has 22 heavy (non-hydrogen) atoms. The third-order valence-electron chi connectivity index (χ3n) is 3.54. The van der Waals surface area contributed by atoms with Crippen molar-refractivity contribution in [2.75, 3.05) is 12.4 Å². The normalized spacial score (nSPS) is 10.7. The molecule has 0 aliphatic carbocycles. The number of H-pyrrole nitrogens is 1. The number of hydrogen-bond acceptors (Lipinski definition) is 2. The molecule has 0 aliphatic rings. The van der Waals surface area contributed by atoms with Gasteiger partial charge in [0.05, 0.1) is 29.3 Å². The molecule has 1 heterocycles. The standard InChI is InChI=1S/C17H15FN2O2/c1-10-15(16-13(19-10)8-5-9-14(16)22-2)17(21)20-12-7-4-3-6-11(12)18/h3-9,19H,1-2H3,(H,20,21). The van der Waals surface area contributed by atoms with E-state index in [1.54, 1.807) is 32.2 Å². The lowest BCUT2D eigenvalue weighted by molar-refractivity contribution is 0.102. The quantitative estimate of drug-likeness (QED) is 0.771. The van der Waals surface area contributed by atoms with Crippen molar-refractivity contribution in [2.45, 2.75) is 6.92 Å². The lowest BCUT2D eigenvalue weighted by atomic mass is 10.1. The van der Waals surface area contributed by atoms with Crippen LogP contribution in [0.15, 0.2) is 42.5 Å². The number of nitrogens with one attached hydrogen (secondary N) is 2. The van der Waals surface area contributed by atoms with E-state index in [4.69, 9.17) is 4.74 Å². The second kappa shape index (κ2) is 5.52. The van der Waals surface area contributed by atoms with Crippen molar-refractivity contribution < 1.29 is 13.9 Å². The molecule has 2 aromatic carbocycles. The summed E-state index contributed by atoms with van der Waals surface area (Å²) in [6.45, 7) is 1.80. The van der Waals surface area contributed by atoms with Gasteiger partial charge in [0.2, 0.25) is 0 Å². The number of methoxy groups -OCH3 is 1. The van der Waals surface area contributed by atoms with Crippen molar-refractivity contribution in [3.8, 4) is 5.75 Å². The van der Waals surface area contributed by atoms with E-state index < -0.39 is 5.82 Å². The van der Waals surface area contributed by atoms with Gasteiger partial charge in [0.25, 0.3) is 5.91 Å². The first-order valence-electron chi connectivity index (χ1n) is 6.83. The molecule has 112 valence electrons. The summed E-state index contributed by atoms with van der Waals surface area (Å²) in [5.41, 5.74) is 2.11. The van der Waals surface area contributed by atoms with Crippen LogP contribution in [0.2, 0.25) is 0 Å². The van der Waals surface area contributed by atoms with Gasteiger partial charge < -0.3 is 15.0 Å². The van der Waals surface area contributed by atoms with Crippen LogP contribution in [0.4, 0.5) is 10.1 Å². The average Bonchev–Trinajstić information content (AvgIpc) is 2.85.